The molecule has 7 nitrogen and oxygen atoms in total. The molecular formula is C21H25NO6. The van der Waals surface area contributed by atoms with Gasteiger partial charge in [-0.2, -0.15) is 0 Å². The summed E-state index contributed by atoms with van der Waals surface area (Å²) >= 11 is 0. The second kappa shape index (κ2) is 10.4. The van der Waals surface area contributed by atoms with E-state index in [-0.39, 0.29) is 24.6 Å². The molecular weight excluding hydrogens is 362 g/mol. The lowest BCUT2D eigenvalue weighted by molar-refractivity contribution is -0.0484. The molecule has 28 heavy (non-hydrogen) atoms. The van der Waals surface area contributed by atoms with Crippen LogP contribution >= 0.6 is 0 Å². The van der Waals surface area contributed by atoms with Gasteiger partial charge < -0.3 is 19.7 Å². The van der Waals surface area contributed by atoms with Crippen molar-refractivity contribution >= 4 is 17.6 Å². The fourth-order valence-electron chi connectivity index (χ4n) is 2.74. The van der Waals surface area contributed by atoms with E-state index in [0.717, 1.165) is 0 Å². The van der Waals surface area contributed by atoms with Crippen molar-refractivity contribution in [3.8, 4) is 5.75 Å². The number of carbonyl (C=O) groups excluding carboxylic acids is 2. The van der Waals surface area contributed by atoms with Crippen LogP contribution in [0.5, 0.6) is 5.75 Å². The molecule has 2 rings (SSSR count). The van der Waals surface area contributed by atoms with Crippen LogP contribution in [-0.2, 0) is 9.47 Å². The van der Waals surface area contributed by atoms with E-state index in [4.69, 9.17) is 9.47 Å². The Labute approximate surface area is 163 Å². The van der Waals surface area contributed by atoms with E-state index in [2.05, 4.69) is 5.32 Å². The van der Waals surface area contributed by atoms with Gasteiger partial charge in [-0.25, -0.2) is 4.79 Å². The summed E-state index contributed by atoms with van der Waals surface area (Å²) in [6.45, 7) is 3.54. The van der Waals surface area contributed by atoms with Gasteiger partial charge in [0.2, 0.25) is 0 Å². The number of aliphatic hydroxyl groups is 1. The maximum absolute atomic E-state index is 12.4. The van der Waals surface area contributed by atoms with E-state index in [1.807, 2.05) is 6.92 Å². The first-order valence-electron chi connectivity index (χ1n) is 9.04. The van der Waals surface area contributed by atoms with E-state index in [1.54, 1.807) is 36.4 Å². The second-order valence-corrected chi connectivity index (χ2v) is 6.18. The first kappa shape index (κ1) is 21.4. The maximum Gasteiger partial charge on any atom is 0.412 e. The van der Waals surface area contributed by atoms with Crippen molar-refractivity contribution < 1.29 is 29.3 Å². The summed E-state index contributed by atoms with van der Waals surface area (Å²) < 4.78 is 11.2. The molecule has 150 valence electrons. The molecule has 7 heteroatoms. The quantitative estimate of drug-likeness (QED) is 0.567. The van der Waals surface area contributed by atoms with Crippen molar-refractivity contribution in [2.45, 2.75) is 32.5 Å². The van der Waals surface area contributed by atoms with Crippen LogP contribution in [0, 0.1) is 0 Å². The molecule has 0 spiro atoms. The van der Waals surface area contributed by atoms with Crippen molar-refractivity contribution in [1.29, 1.82) is 0 Å². The van der Waals surface area contributed by atoms with E-state index in [0.29, 0.717) is 23.4 Å². The third-order valence-electron chi connectivity index (χ3n) is 4.13. The van der Waals surface area contributed by atoms with Gasteiger partial charge in [-0.3, -0.25) is 10.1 Å². The van der Waals surface area contributed by atoms with Gasteiger partial charge in [-0.15, -0.1) is 0 Å². The normalized spacial score (nSPS) is 12.8. The summed E-state index contributed by atoms with van der Waals surface area (Å²) in [6, 6.07) is 12.7. The summed E-state index contributed by atoms with van der Waals surface area (Å²) in [4.78, 5) is 23.8. The SMILES string of the molecule is CCO[C@H](CCO)[C@H](OC(=O)Nc1ccc(C(C)=O)cc1)c1ccc(O)cc1. The Hall–Kier alpha value is -2.90. The van der Waals surface area contributed by atoms with Crippen LogP contribution in [0.2, 0.25) is 0 Å². The molecule has 0 bridgehead atoms. The Morgan fingerprint density at radius 2 is 1.71 bits per heavy atom. The molecule has 0 aliphatic carbocycles. The zero-order valence-electron chi connectivity index (χ0n) is 15.9. The number of ether oxygens (including phenoxy) is 2. The van der Waals surface area contributed by atoms with Gasteiger partial charge in [0, 0.05) is 30.9 Å². The van der Waals surface area contributed by atoms with Crippen molar-refractivity contribution in [3.05, 3.63) is 59.7 Å². The molecule has 0 radical (unpaired) electrons. The number of hydrogen-bond donors (Lipinski definition) is 3. The molecule has 3 N–H and O–H groups in total. The number of carbonyl (C=O) groups is 2. The standard InChI is InChI=1S/C21H25NO6/c1-3-27-19(12-13-23)20(16-6-10-18(25)11-7-16)28-21(26)22-17-8-4-15(5-9-17)14(2)24/h4-11,19-20,23,25H,3,12-13H2,1-2H3,(H,22,26)/t19-,20-/m1/s1. The molecule has 2 atom stereocenters. The monoisotopic (exact) mass is 387 g/mol. The van der Waals surface area contributed by atoms with Crippen LogP contribution < -0.4 is 5.32 Å². The highest BCUT2D eigenvalue weighted by Crippen LogP contribution is 2.28. The molecule has 0 aliphatic rings. The predicted octanol–water partition coefficient (Wildman–Crippen LogP) is 3.67. The number of anilines is 1. The average molecular weight is 387 g/mol. The Morgan fingerprint density at radius 1 is 1.07 bits per heavy atom. The van der Waals surface area contributed by atoms with Gasteiger partial charge in [-0.05, 0) is 55.8 Å². The molecule has 2 aromatic rings. The number of phenols is 1. The lowest BCUT2D eigenvalue weighted by Gasteiger charge is -2.27. The topological polar surface area (TPSA) is 105 Å². The zero-order chi connectivity index (χ0) is 20.5. The van der Waals surface area contributed by atoms with Crippen LogP contribution in [0.25, 0.3) is 0 Å². The smallest absolute Gasteiger partial charge is 0.412 e. The van der Waals surface area contributed by atoms with E-state index >= 15 is 0 Å². The van der Waals surface area contributed by atoms with Crippen LogP contribution in [0.15, 0.2) is 48.5 Å². The number of aromatic hydroxyl groups is 1. The highest BCUT2D eigenvalue weighted by Gasteiger charge is 2.27. The first-order valence-corrected chi connectivity index (χ1v) is 9.04. The largest absolute Gasteiger partial charge is 0.508 e. The molecule has 2 aromatic carbocycles. The van der Waals surface area contributed by atoms with Gasteiger partial charge >= 0.3 is 6.09 Å². The number of ketones is 1. The number of amides is 1. The van der Waals surface area contributed by atoms with Gasteiger partial charge in [0.15, 0.2) is 11.9 Å². The molecule has 0 aliphatic heterocycles. The molecule has 1 amide bonds. The molecule has 0 heterocycles. The number of phenolic OH excluding ortho intramolecular Hbond substituents is 1. The average Bonchev–Trinajstić information content (AvgIpc) is 2.67. The van der Waals surface area contributed by atoms with Crippen LogP contribution in [0.1, 0.15) is 42.3 Å². The summed E-state index contributed by atoms with van der Waals surface area (Å²) in [5.41, 5.74) is 1.65. The molecule has 0 aromatic heterocycles. The van der Waals surface area contributed by atoms with E-state index < -0.39 is 18.3 Å². The third-order valence-corrected chi connectivity index (χ3v) is 4.13. The van der Waals surface area contributed by atoms with E-state index in [9.17, 15) is 19.8 Å². The minimum absolute atomic E-state index is 0.0647. The number of benzene rings is 2. The third kappa shape index (κ3) is 6.07. The predicted molar refractivity (Wildman–Crippen MR) is 105 cm³/mol. The van der Waals surface area contributed by atoms with Crippen LogP contribution in [0.4, 0.5) is 10.5 Å². The lowest BCUT2D eigenvalue weighted by Crippen LogP contribution is -2.29. The summed E-state index contributed by atoms with van der Waals surface area (Å²) in [5.74, 6) is 0.0257. The fraction of sp³-hybridized carbons (Fsp3) is 0.333. The summed E-state index contributed by atoms with van der Waals surface area (Å²) in [6.07, 6.45) is -1.74. The number of hydrogen-bond acceptors (Lipinski definition) is 6. The van der Waals surface area contributed by atoms with Crippen molar-refractivity contribution in [3.63, 3.8) is 0 Å². The Bertz CT molecular complexity index is 766. The van der Waals surface area contributed by atoms with Crippen molar-refractivity contribution in [2.75, 3.05) is 18.5 Å². The molecule has 0 unspecified atom stereocenters. The van der Waals surface area contributed by atoms with E-state index in [1.165, 1.54) is 19.1 Å². The highest BCUT2D eigenvalue weighted by molar-refractivity contribution is 5.94. The molecule has 0 saturated carbocycles. The second-order valence-electron chi connectivity index (χ2n) is 6.18. The fourth-order valence-corrected chi connectivity index (χ4v) is 2.74. The minimum Gasteiger partial charge on any atom is -0.508 e. The summed E-state index contributed by atoms with van der Waals surface area (Å²) in [7, 11) is 0. The number of rotatable bonds is 9. The maximum atomic E-state index is 12.4. The lowest BCUT2D eigenvalue weighted by atomic mass is 10.0. The summed E-state index contributed by atoms with van der Waals surface area (Å²) in [5, 5.41) is 21.5. The number of Topliss-reactive ketones (excluding diaryl/α,β-unsaturated/α-hetero) is 1. The minimum atomic E-state index is -0.774. The molecule has 0 saturated heterocycles. The van der Waals surface area contributed by atoms with Gasteiger partial charge in [0.05, 0.1) is 0 Å². The van der Waals surface area contributed by atoms with Gasteiger partial charge in [-0.1, -0.05) is 12.1 Å². The zero-order valence-corrected chi connectivity index (χ0v) is 15.9. The number of aliphatic hydroxyl groups excluding tert-OH is 1. The van der Waals surface area contributed by atoms with Crippen molar-refractivity contribution in [1.82, 2.24) is 0 Å². The van der Waals surface area contributed by atoms with Crippen molar-refractivity contribution in [2.24, 2.45) is 0 Å². The molecule has 0 fully saturated rings. The Kier molecular flexibility index (Phi) is 7.98. The first-order chi connectivity index (χ1) is 13.4. The van der Waals surface area contributed by atoms with Gasteiger partial charge in [0.25, 0.3) is 0 Å². The Balaban J connectivity index is 2.16. The van der Waals surface area contributed by atoms with Crippen LogP contribution in [0.3, 0.4) is 0 Å². The number of nitrogens with one attached hydrogen (secondary N) is 1. The van der Waals surface area contributed by atoms with Gasteiger partial charge in [0.1, 0.15) is 11.9 Å². The Morgan fingerprint density at radius 3 is 2.25 bits per heavy atom. The highest BCUT2D eigenvalue weighted by atomic mass is 16.6. The van der Waals surface area contributed by atoms with Crippen LogP contribution in [-0.4, -0.2) is 41.4 Å².